The van der Waals surface area contributed by atoms with Crippen molar-refractivity contribution in [2.45, 2.75) is 6.18 Å². The molecule has 2 heterocycles. The van der Waals surface area contributed by atoms with Crippen LogP contribution in [0.4, 0.5) is 13.2 Å². The van der Waals surface area contributed by atoms with Crippen molar-refractivity contribution < 1.29 is 17.9 Å². The number of halogens is 4. The van der Waals surface area contributed by atoms with Gasteiger partial charge in [-0.05, 0) is 12.1 Å². The van der Waals surface area contributed by atoms with Crippen LogP contribution in [0.2, 0.25) is 5.02 Å². The zero-order valence-electron chi connectivity index (χ0n) is 10.6. The van der Waals surface area contributed by atoms with Gasteiger partial charge in [0.25, 0.3) is 0 Å². The minimum atomic E-state index is -4.52. The highest BCUT2D eigenvalue weighted by Gasteiger charge is 2.31. The molecule has 0 saturated carbocycles. The average molecular weight is 314 g/mol. The summed E-state index contributed by atoms with van der Waals surface area (Å²) in [6.07, 6.45) is -2.52. The molecule has 2 aromatic rings. The Kier molecular flexibility index (Phi) is 4.00. The Labute approximate surface area is 122 Å². The highest BCUT2D eigenvalue weighted by atomic mass is 35.5. The van der Waals surface area contributed by atoms with E-state index in [1.165, 1.54) is 19.4 Å². The van der Waals surface area contributed by atoms with Gasteiger partial charge in [0.2, 0.25) is 5.88 Å². The predicted octanol–water partition coefficient (Wildman–Crippen LogP) is 3.70. The lowest BCUT2D eigenvalue weighted by molar-refractivity contribution is -0.137. The molecular weight excluding hydrogens is 307 g/mol. The summed E-state index contributed by atoms with van der Waals surface area (Å²) in [5.41, 5.74) is -0.381. The SMILES string of the molecule is COc1ncc(-c2ncc(C(F)(F)F)cc2Cl)cc1C#N. The molecule has 0 atom stereocenters. The molecule has 8 heteroatoms. The van der Waals surface area contributed by atoms with Gasteiger partial charge in [-0.25, -0.2) is 4.98 Å². The number of pyridine rings is 2. The van der Waals surface area contributed by atoms with E-state index >= 15 is 0 Å². The standard InChI is InChI=1S/C13H7ClF3N3O/c1-21-12-7(4-18)2-8(5-20-12)11-10(14)3-9(6-19-11)13(15,16)17/h2-3,5-6H,1H3. The summed E-state index contributed by atoms with van der Waals surface area (Å²) in [6.45, 7) is 0. The molecule has 0 aliphatic rings. The summed E-state index contributed by atoms with van der Waals surface area (Å²) in [5.74, 6) is 0.115. The van der Waals surface area contributed by atoms with Crippen molar-refractivity contribution in [2.75, 3.05) is 7.11 Å². The number of aromatic nitrogens is 2. The number of nitrogens with zero attached hydrogens (tertiary/aromatic N) is 3. The first-order valence-electron chi connectivity index (χ1n) is 5.54. The number of hydrogen-bond acceptors (Lipinski definition) is 4. The van der Waals surface area contributed by atoms with Crippen LogP contribution in [-0.4, -0.2) is 17.1 Å². The number of methoxy groups -OCH3 is 1. The fourth-order valence-corrected chi connectivity index (χ4v) is 1.91. The second-order valence-electron chi connectivity index (χ2n) is 3.94. The Morgan fingerprint density at radius 3 is 2.48 bits per heavy atom. The van der Waals surface area contributed by atoms with Crippen LogP contribution in [0.15, 0.2) is 24.5 Å². The number of hydrogen-bond donors (Lipinski definition) is 0. The van der Waals surface area contributed by atoms with Gasteiger partial charge in [0.15, 0.2) is 0 Å². The maximum atomic E-state index is 12.5. The van der Waals surface area contributed by atoms with Gasteiger partial charge >= 0.3 is 6.18 Å². The van der Waals surface area contributed by atoms with Gasteiger partial charge in [0, 0.05) is 18.0 Å². The highest BCUT2D eigenvalue weighted by Crippen LogP contribution is 2.34. The first-order chi connectivity index (χ1) is 9.86. The molecule has 0 aliphatic heterocycles. The van der Waals surface area contributed by atoms with E-state index < -0.39 is 11.7 Å². The third kappa shape index (κ3) is 3.06. The van der Waals surface area contributed by atoms with Crippen molar-refractivity contribution in [1.82, 2.24) is 9.97 Å². The topological polar surface area (TPSA) is 58.8 Å². The lowest BCUT2D eigenvalue weighted by Gasteiger charge is -2.10. The summed E-state index contributed by atoms with van der Waals surface area (Å²) in [7, 11) is 1.35. The Bertz CT molecular complexity index is 726. The van der Waals surface area contributed by atoms with E-state index in [0.29, 0.717) is 11.8 Å². The van der Waals surface area contributed by atoms with Crippen LogP contribution >= 0.6 is 11.6 Å². The van der Waals surface area contributed by atoms with E-state index in [0.717, 1.165) is 6.07 Å². The van der Waals surface area contributed by atoms with Gasteiger partial charge < -0.3 is 4.74 Å². The second-order valence-corrected chi connectivity index (χ2v) is 4.35. The summed E-state index contributed by atoms with van der Waals surface area (Å²) >= 11 is 5.83. The van der Waals surface area contributed by atoms with Crippen molar-refractivity contribution in [2.24, 2.45) is 0 Å². The maximum absolute atomic E-state index is 12.5. The number of nitriles is 1. The minimum Gasteiger partial charge on any atom is -0.480 e. The fourth-order valence-electron chi connectivity index (χ4n) is 1.63. The monoisotopic (exact) mass is 313 g/mol. The number of ether oxygens (including phenoxy) is 1. The summed E-state index contributed by atoms with van der Waals surface area (Å²) < 4.78 is 42.5. The third-order valence-electron chi connectivity index (χ3n) is 2.61. The van der Waals surface area contributed by atoms with Gasteiger partial charge in [0.1, 0.15) is 11.6 Å². The molecule has 0 fully saturated rings. The number of alkyl halides is 3. The molecule has 0 spiro atoms. The molecule has 0 unspecified atom stereocenters. The molecule has 0 radical (unpaired) electrons. The molecule has 0 aliphatic carbocycles. The van der Waals surface area contributed by atoms with E-state index in [9.17, 15) is 13.2 Å². The number of rotatable bonds is 2. The van der Waals surface area contributed by atoms with Crippen molar-refractivity contribution in [3.05, 3.63) is 40.7 Å². The highest BCUT2D eigenvalue weighted by molar-refractivity contribution is 6.33. The van der Waals surface area contributed by atoms with Crippen LogP contribution in [0.3, 0.4) is 0 Å². The normalized spacial score (nSPS) is 11.0. The molecule has 0 aromatic carbocycles. The molecule has 21 heavy (non-hydrogen) atoms. The smallest absolute Gasteiger partial charge is 0.417 e. The maximum Gasteiger partial charge on any atom is 0.417 e. The largest absolute Gasteiger partial charge is 0.480 e. The summed E-state index contributed by atoms with van der Waals surface area (Å²) in [5, 5.41) is 8.79. The molecule has 2 rings (SSSR count). The van der Waals surface area contributed by atoms with E-state index in [1.54, 1.807) is 0 Å². The third-order valence-corrected chi connectivity index (χ3v) is 2.89. The predicted molar refractivity (Wildman–Crippen MR) is 68.7 cm³/mol. The van der Waals surface area contributed by atoms with Crippen LogP contribution in [0.25, 0.3) is 11.3 Å². The Balaban J connectivity index is 2.51. The van der Waals surface area contributed by atoms with Crippen LogP contribution in [0.5, 0.6) is 5.88 Å². The molecular formula is C13H7ClF3N3O. The van der Waals surface area contributed by atoms with E-state index in [2.05, 4.69) is 9.97 Å². The molecule has 4 nitrogen and oxygen atoms in total. The summed E-state index contributed by atoms with van der Waals surface area (Å²) in [6, 6.07) is 4.05. The Hall–Kier alpha value is -2.33. The molecule has 108 valence electrons. The van der Waals surface area contributed by atoms with Gasteiger partial charge in [-0.3, -0.25) is 4.98 Å². The first-order valence-corrected chi connectivity index (χ1v) is 5.92. The summed E-state index contributed by atoms with van der Waals surface area (Å²) in [4.78, 5) is 7.59. The van der Waals surface area contributed by atoms with Crippen molar-refractivity contribution in [3.63, 3.8) is 0 Å². The fraction of sp³-hybridized carbons (Fsp3) is 0.154. The van der Waals surface area contributed by atoms with Crippen LogP contribution in [0, 0.1) is 11.3 Å². The van der Waals surface area contributed by atoms with Crippen LogP contribution < -0.4 is 4.74 Å². The first kappa shape index (κ1) is 15.1. The van der Waals surface area contributed by atoms with Gasteiger partial charge in [-0.1, -0.05) is 11.6 Å². The van der Waals surface area contributed by atoms with Crippen molar-refractivity contribution >= 4 is 11.6 Å². The average Bonchev–Trinajstić information content (AvgIpc) is 2.45. The molecule has 0 N–H and O–H groups in total. The van der Waals surface area contributed by atoms with Crippen molar-refractivity contribution in [3.8, 4) is 23.2 Å². The second kappa shape index (κ2) is 5.58. The van der Waals surface area contributed by atoms with Crippen molar-refractivity contribution in [1.29, 1.82) is 5.26 Å². The molecule has 0 saturated heterocycles. The van der Waals surface area contributed by atoms with Gasteiger partial charge in [-0.2, -0.15) is 18.4 Å². The van der Waals surface area contributed by atoms with Gasteiger partial charge in [-0.15, -0.1) is 0 Å². The van der Waals surface area contributed by atoms with Crippen LogP contribution in [0.1, 0.15) is 11.1 Å². The van der Waals surface area contributed by atoms with E-state index in [1.807, 2.05) is 6.07 Å². The quantitative estimate of drug-likeness (QED) is 0.848. The zero-order chi connectivity index (χ0) is 15.6. The Morgan fingerprint density at radius 1 is 1.24 bits per heavy atom. The molecule has 0 bridgehead atoms. The van der Waals surface area contributed by atoms with Crippen LogP contribution in [-0.2, 0) is 6.18 Å². The lowest BCUT2D eigenvalue weighted by Crippen LogP contribution is -2.06. The van der Waals surface area contributed by atoms with E-state index in [-0.39, 0.29) is 22.2 Å². The Morgan fingerprint density at radius 2 is 1.95 bits per heavy atom. The van der Waals surface area contributed by atoms with E-state index in [4.69, 9.17) is 21.6 Å². The van der Waals surface area contributed by atoms with Gasteiger partial charge in [0.05, 0.1) is 23.4 Å². The lowest BCUT2D eigenvalue weighted by atomic mass is 10.1. The molecule has 2 aromatic heterocycles. The zero-order valence-corrected chi connectivity index (χ0v) is 11.3. The molecule has 0 amide bonds. The minimum absolute atomic E-state index is 0.108.